The van der Waals surface area contributed by atoms with E-state index in [9.17, 15) is 47.9 Å². The maximum absolute atomic E-state index is 14.0. The zero-order valence-electron chi connectivity index (χ0n) is 18.0. The van der Waals surface area contributed by atoms with E-state index in [1.165, 1.54) is 6.07 Å². The Morgan fingerprint density at radius 3 is 1.89 bits per heavy atom. The molecule has 0 aliphatic rings. The normalized spacial score (nSPS) is 13.8. The van der Waals surface area contributed by atoms with Gasteiger partial charge in [-0.3, -0.25) is 0 Å². The fraction of sp³-hybridized carbons (Fsp3) is 0.167. The van der Waals surface area contributed by atoms with Gasteiger partial charge in [-0.25, -0.2) is 0 Å². The van der Waals surface area contributed by atoms with Crippen LogP contribution in [-0.2, 0) is 10.1 Å². The Balaban J connectivity index is 1.73. The van der Waals surface area contributed by atoms with Crippen LogP contribution >= 0.6 is 0 Å². The molecule has 4 aromatic carbocycles. The molecule has 0 unspecified atom stereocenters. The first-order valence-electron chi connectivity index (χ1n) is 10.2. The highest BCUT2D eigenvalue weighted by Crippen LogP contribution is 2.55. The molecule has 0 spiro atoms. The van der Waals surface area contributed by atoms with E-state index in [1.54, 1.807) is 30.3 Å². The first-order chi connectivity index (χ1) is 17.0. The van der Waals surface area contributed by atoms with Crippen LogP contribution in [-0.4, -0.2) is 31.7 Å². The second kappa shape index (κ2) is 8.54. The third kappa shape index (κ3) is 4.24. The van der Waals surface area contributed by atoms with Crippen molar-refractivity contribution in [2.75, 3.05) is 0 Å². The number of alkyl halides is 9. The van der Waals surface area contributed by atoms with Crippen molar-refractivity contribution in [3.8, 4) is 16.9 Å². The quantitative estimate of drug-likeness (QED) is 0.181. The van der Waals surface area contributed by atoms with Gasteiger partial charge >= 0.3 is 33.4 Å². The van der Waals surface area contributed by atoms with Gasteiger partial charge in [-0.2, -0.15) is 47.9 Å². The Hall–Kier alpha value is -3.48. The fourth-order valence-corrected chi connectivity index (χ4v) is 4.52. The first kappa shape index (κ1) is 26.6. The summed E-state index contributed by atoms with van der Waals surface area (Å²) in [5, 5.41) is -4.61. The highest BCUT2D eigenvalue weighted by Gasteiger charge is 2.86. The summed E-state index contributed by atoms with van der Waals surface area (Å²) in [5.41, 5.74) is 1.32. The standard InChI is InChI=1S/C24H13F9O3S/c25-21(26,23(29,30)31)22(27,28)24(32,33)37(34,35)36-18-11-10-14-8-9-16(12-17(14)13-18)20-7-3-5-15-4-1-2-6-19(15)20/h1-13H. The summed E-state index contributed by atoms with van der Waals surface area (Å²) < 4.78 is 146. The first-order valence-corrected chi connectivity index (χ1v) is 11.6. The van der Waals surface area contributed by atoms with Crippen LogP contribution in [0.1, 0.15) is 0 Å². The van der Waals surface area contributed by atoms with Crippen LogP contribution in [0.5, 0.6) is 5.75 Å². The SMILES string of the molecule is O=S(=O)(Oc1ccc2ccc(-c3cccc4ccccc34)cc2c1)C(F)(F)C(F)(F)C(F)(F)C(F)(F)F. The molecular formula is C24H13F9O3S. The van der Waals surface area contributed by atoms with Crippen molar-refractivity contribution in [3.63, 3.8) is 0 Å². The average molecular weight is 552 g/mol. The third-order valence-corrected chi connectivity index (χ3v) is 6.84. The Bertz CT molecular complexity index is 1590. The van der Waals surface area contributed by atoms with Gasteiger partial charge in [0.15, 0.2) is 0 Å². The molecule has 4 rings (SSSR count). The molecule has 13 heteroatoms. The molecular weight excluding hydrogens is 539 g/mol. The lowest BCUT2D eigenvalue weighted by Crippen LogP contribution is -2.63. The van der Waals surface area contributed by atoms with Crippen molar-refractivity contribution in [2.24, 2.45) is 0 Å². The minimum Gasteiger partial charge on any atom is -0.378 e. The second-order valence-electron chi connectivity index (χ2n) is 7.95. The van der Waals surface area contributed by atoms with Gasteiger partial charge in [0.05, 0.1) is 0 Å². The van der Waals surface area contributed by atoms with Gasteiger partial charge in [0, 0.05) is 0 Å². The van der Waals surface area contributed by atoms with Crippen LogP contribution in [0.15, 0.2) is 78.9 Å². The maximum atomic E-state index is 14.0. The van der Waals surface area contributed by atoms with Crippen LogP contribution in [0.4, 0.5) is 39.5 Å². The molecule has 0 aliphatic heterocycles. The minimum atomic E-state index is -7.38. The Morgan fingerprint density at radius 1 is 0.595 bits per heavy atom. The molecule has 0 aliphatic carbocycles. The zero-order valence-corrected chi connectivity index (χ0v) is 18.9. The van der Waals surface area contributed by atoms with E-state index < -0.39 is 39.1 Å². The number of halogens is 9. The smallest absolute Gasteiger partial charge is 0.378 e. The fourth-order valence-electron chi connectivity index (χ4n) is 3.62. The molecule has 0 aromatic heterocycles. The molecule has 3 nitrogen and oxygen atoms in total. The van der Waals surface area contributed by atoms with Crippen LogP contribution in [0.3, 0.4) is 0 Å². The Labute approximate surface area is 203 Å². The molecule has 0 saturated heterocycles. The zero-order chi connectivity index (χ0) is 27.4. The summed E-state index contributed by atoms with van der Waals surface area (Å²) in [7, 11) is -7.04. The number of rotatable bonds is 6. The maximum Gasteiger partial charge on any atom is 0.460 e. The summed E-state index contributed by atoms with van der Waals surface area (Å²) in [5.74, 6) is -15.8. The third-order valence-electron chi connectivity index (χ3n) is 5.55. The van der Waals surface area contributed by atoms with Crippen molar-refractivity contribution in [1.82, 2.24) is 0 Å². The lowest BCUT2D eigenvalue weighted by atomic mass is 9.96. The Morgan fingerprint density at radius 2 is 1.22 bits per heavy atom. The topological polar surface area (TPSA) is 43.4 Å². The van der Waals surface area contributed by atoms with Crippen molar-refractivity contribution in [2.45, 2.75) is 23.3 Å². The molecule has 0 radical (unpaired) electrons. The minimum absolute atomic E-state index is 0.175. The number of hydrogen-bond acceptors (Lipinski definition) is 3. The molecule has 0 saturated carbocycles. The molecule has 0 heterocycles. The van der Waals surface area contributed by atoms with E-state index in [4.69, 9.17) is 0 Å². The van der Waals surface area contributed by atoms with Gasteiger partial charge in [0.25, 0.3) is 0 Å². The molecule has 37 heavy (non-hydrogen) atoms. The van der Waals surface area contributed by atoms with Crippen molar-refractivity contribution in [3.05, 3.63) is 78.9 Å². The monoisotopic (exact) mass is 552 g/mol. The average Bonchev–Trinajstić information content (AvgIpc) is 2.82. The van der Waals surface area contributed by atoms with Gasteiger partial charge in [-0.05, 0) is 50.9 Å². The summed E-state index contributed by atoms with van der Waals surface area (Å²) >= 11 is 0. The van der Waals surface area contributed by atoms with Gasteiger partial charge in [0.1, 0.15) is 5.75 Å². The van der Waals surface area contributed by atoms with Crippen LogP contribution in [0.25, 0.3) is 32.7 Å². The highest BCUT2D eigenvalue weighted by molar-refractivity contribution is 7.88. The van der Waals surface area contributed by atoms with E-state index in [1.807, 2.05) is 24.3 Å². The lowest BCUT2D eigenvalue weighted by molar-refractivity contribution is -0.382. The number of hydrogen-bond donors (Lipinski definition) is 0. The lowest BCUT2D eigenvalue weighted by Gasteiger charge is -2.32. The molecule has 196 valence electrons. The van der Waals surface area contributed by atoms with Crippen LogP contribution in [0.2, 0.25) is 0 Å². The van der Waals surface area contributed by atoms with Gasteiger partial charge in [-0.15, -0.1) is 0 Å². The molecule has 0 bridgehead atoms. The van der Waals surface area contributed by atoms with Crippen molar-refractivity contribution < 1.29 is 52.1 Å². The van der Waals surface area contributed by atoms with E-state index in [-0.39, 0.29) is 5.39 Å². The largest absolute Gasteiger partial charge is 0.460 e. The summed E-state index contributed by atoms with van der Waals surface area (Å²) in [4.78, 5) is 0. The predicted molar refractivity (Wildman–Crippen MR) is 117 cm³/mol. The highest BCUT2D eigenvalue weighted by atomic mass is 32.2. The summed E-state index contributed by atoms with van der Waals surface area (Å²) in [6.07, 6.45) is -7.17. The second-order valence-corrected chi connectivity index (χ2v) is 9.54. The number of benzene rings is 4. The van der Waals surface area contributed by atoms with E-state index in [0.29, 0.717) is 10.9 Å². The summed E-state index contributed by atoms with van der Waals surface area (Å²) in [6.45, 7) is 0. The predicted octanol–water partition coefficient (Wildman–Crippen LogP) is 7.79. The van der Waals surface area contributed by atoms with Crippen molar-refractivity contribution >= 4 is 31.7 Å². The van der Waals surface area contributed by atoms with E-state index in [0.717, 1.165) is 34.5 Å². The molecule has 4 aromatic rings. The van der Waals surface area contributed by atoms with Crippen LogP contribution < -0.4 is 4.18 Å². The molecule has 0 amide bonds. The molecule has 0 N–H and O–H groups in total. The molecule has 0 fully saturated rings. The number of fused-ring (bicyclic) bond motifs is 2. The van der Waals surface area contributed by atoms with Gasteiger partial charge < -0.3 is 4.18 Å². The van der Waals surface area contributed by atoms with E-state index in [2.05, 4.69) is 4.18 Å². The summed E-state index contributed by atoms with van der Waals surface area (Å²) in [6, 6.07) is 20.3. The molecule has 0 atom stereocenters. The van der Waals surface area contributed by atoms with Gasteiger partial charge in [0.2, 0.25) is 0 Å². The van der Waals surface area contributed by atoms with Gasteiger partial charge in [-0.1, -0.05) is 60.7 Å². The van der Waals surface area contributed by atoms with Crippen LogP contribution in [0, 0.1) is 0 Å². The van der Waals surface area contributed by atoms with Crippen molar-refractivity contribution in [1.29, 1.82) is 0 Å². The van der Waals surface area contributed by atoms with E-state index >= 15 is 0 Å². The Kier molecular flexibility index (Phi) is 6.13.